The first kappa shape index (κ1) is 57.7. The first-order valence-electron chi connectivity index (χ1n) is 26.1. The number of carbonyl (C=O) groups is 1. The summed E-state index contributed by atoms with van der Waals surface area (Å²) in [6.45, 7) is 14.9. The second-order valence-corrected chi connectivity index (χ2v) is 23.4. The number of pyridine rings is 2. The van der Waals surface area contributed by atoms with E-state index >= 15 is 8.78 Å². The normalized spacial score (nSPS) is 18.4. The van der Waals surface area contributed by atoms with Crippen molar-refractivity contribution in [3.8, 4) is 16.9 Å². The zero-order chi connectivity index (χ0) is 56.8. The van der Waals surface area contributed by atoms with Gasteiger partial charge in [0.25, 0.3) is 11.1 Å². The molecule has 418 valence electrons. The van der Waals surface area contributed by atoms with Crippen LogP contribution in [0.1, 0.15) is 96.4 Å². The number of hydrogen-bond donors (Lipinski definition) is 4. The molecule has 0 spiro atoms. The summed E-state index contributed by atoms with van der Waals surface area (Å²) < 4.78 is 106. The minimum Gasteiger partial charge on any atom is -0.444 e. The number of benzene rings is 4. The van der Waals surface area contributed by atoms with Gasteiger partial charge in [0, 0.05) is 73.3 Å². The Morgan fingerprint density at radius 3 is 1.67 bits per heavy atom. The maximum absolute atomic E-state index is 15.6. The first-order valence-corrected chi connectivity index (χ1v) is 27.6. The lowest BCUT2D eigenvalue weighted by molar-refractivity contribution is -0.0499. The molecular formula is C56H66BF5N6O9S. The Bertz CT molecular complexity index is 3420. The molecule has 1 amide bonds. The lowest BCUT2D eigenvalue weighted by Crippen LogP contribution is -2.42. The Hall–Kier alpha value is -6.49. The topological polar surface area (TPSA) is 199 Å². The van der Waals surface area contributed by atoms with Crippen molar-refractivity contribution in [2.45, 2.75) is 122 Å². The van der Waals surface area contributed by atoms with Crippen molar-refractivity contribution in [3.05, 3.63) is 128 Å². The molecule has 4 fully saturated rings. The Balaban J connectivity index is 0.000000181. The summed E-state index contributed by atoms with van der Waals surface area (Å²) in [6.07, 6.45) is 4.29. The molecule has 2 aromatic heterocycles. The minimum atomic E-state index is -6.09. The summed E-state index contributed by atoms with van der Waals surface area (Å²) in [5.41, 5.74) is 4.15. The van der Waals surface area contributed by atoms with Crippen LogP contribution in [0.15, 0.2) is 94.5 Å². The number of hydrogen-bond acceptors (Lipinski definition) is 12. The van der Waals surface area contributed by atoms with Gasteiger partial charge in [-0.15, -0.1) is 0 Å². The fourth-order valence-electron chi connectivity index (χ4n) is 10.6. The predicted octanol–water partition coefficient (Wildman–Crippen LogP) is 8.74. The van der Waals surface area contributed by atoms with Crippen molar-refractivity contribution < 1.29 is 54.1 Å². The van der Waals surface area contributed by atoms with E-state index in [1.165, 1.54) is 11.5 Å². The standard InChI is InChI=1S/C25H31F4N3O6S.C25H28FN3O.C6H7BO2/c1-13-21-17(19(38-39(35,36)25(27,28)29)11-20(33)32(21)16-6-7-16)10-18(26)22(13)31-9-8-15(12-31)14(2)30-23(34)37-24(3,4)5;1-15-24-21(12-22(26)25(15)28-11-10-18(14-28)16(2)27)20(17-6-4-3-5-7-17)13-23(30)29(24)19-8-9-19;8-7(9)6-4-2-1-3-5-6/h10-11,14-16H,6-9,12H2,1-5H3,(H,30,34);3-7,12-13,16,18-19H,8-11,14,27H2,1-2H3;1-5,8-9H/t14-,15+;16-,18+;/m00./s1. The molecule has 78 heavy (non-hydrogen) atoms. The summed E-state index contributed by atoms with van der Waals surface area (Å²) in [7, 11) is -7.43. The number of alkyl carbamates (subject to hydrolysis) is 1. The number of nitrogens with zero attached hydrogens (tertiary/aromatic N) is 4. The van der Waals surface area contributed by atoms with Gasteiger partial charge in [-0.1, -0.05) is 60.7 Å². The highest BCUT2D eigenvalue weighted by atomic mass is 32.2. The van der Waals surface area contributed by atoms with Crippen LogP contribution in [-0.2, 0) is 14.9 Å². The number of anilines is 2. The van der Waals surface area contributed by atoms with Crippen LogP contribution < -0.4 is 41.6 Å². The molecule has 4 aromatic carbocycles. The van der Waals surface area contributed by atoms with Gasteiger partial charge in [-0.05, 0) is 139 Å². The Labute approximate surface area is 450 Å². The van der Waals surface area contributed by atoms with Crippen LogP contribution in [0.3, 0.4) is 0 Å². The predicted molar refractivity (Wildman–Crippen MR) is 293 cm³/mol. The number of halogens is 5. The number of fused-ring (bicyclic) bond motifs is 2. The Kier molecular flexibility index (Phi) is 16.8. The second-order valence-electron chi connectivity index (χ2n) is 21.8. The van der Waals surface area contributed by atoms with Crippen molar-refractivity contribution in [3.63, 3.8) is 0 Å². The molecule has 2 saturated heterocycles. The fourth-order valence-corrected chi connectivity index (χ4v) is 11.1. The lowest BCUT2D eigenvalue weighted by atomic mass is 9.81. The molecule has 2 saturated carbocycles. The SMILES string of the molecule is Cc1c(N2CC[C@@H]([C@H](C)N)C2)c(F)cc2c(-c3ccccc3)cc(=O)n(C3CC3)c12.Cc1c(N2CC[C@@H]([C@H](C)NC(=O)OC(C)(C)C)C2)c(F)cc2c(OS(=O)(=O)C(F)(F)F)cc(=O)n(C3CC3)c12.OB(O)c1ccccc1. The number of amides is 1. The zero-order valence-electron chi connectivity index (χ0n) is 44.6. The molecule has 0 bridgehead atoms. The van der Waals surface area contributed by atoms with E-state index in [-0.39, 0.29) is 63.6 Å². The number of rotatable bonds is 11. The average molecular weight is 1110 g/mol. The maximum Gasteiger partial charge on any atom is 0.534 e. The van der Waals surface area contributed by atoms with Crippen molar-refractivity contribution in [2.75, 3.05) is 36.0 Å². The summed E-state index contributed by atoms with van der Waals surface area (Å²) in [4.78, 5) is 42.2. The third kappa shape index (κ3) is 12.7. The van der Waals surface area contributed by atoms with Crippen LogP contribution in [0.25, 0.3) is 32.9 Å². The van der Waals surface area contributed by atoms with Crippen molar-refractivity contribution in [2.24, 2.45) is 17.6 Å². The molecule has 4 heterocycles. The molecule has 4 atom stereocenters. The minimum absolute atomic E-state index is 0.000565. The molecule has 0 radical (unpaired) electrons. The van der Waals surface area contributed by atoms with Crippen LogP contribution in [0.4, 0.5) is 38.1 Å². The molecular weight excluding hydrogens is 1040 g/mol. The largest absolute Gasteiger partial charge is 0.534 e. The molecule has 2 aliphatic carbocycles. The molecule has 2 aliphatic heterocycles. The summed E-state index contributed by atoms with van der Waals surface area (Å²) in [5.74, 6) is -1.61. The first-order chi connectivity index (χ1) is 36.6. The van der Waals surface area contributed by atoms with Gasteiger partial charge in [0.05, 0.1) is 22.4 Å². The van der Waals surface area contributed by atoms with Gasteiger partial charge in [-0.3, -0.25) is 9.59 Å². The number of aromatic nitrogens is 2. The van der Waals surface area contributed by atoms with Gasteiger partial charge in [-0.2, -0.15) is 21.6 Å². The number of ether oxygens (including phenoxy) is 1. The van der Waals surface area contributed by atoms with Crippen molar-refractivity contribution >= 4 is 62.0 Å². The van der Waals surface area contributed by atoms with Gasteiger partial charge in [0.2, 0.25) is 0 Å². The van der Waals surface area contributed by atoms with E-state index in [4.69, 9.17) is 20.5 Å². The van der Waals surface area contributed by atoms with Gasteiger partial charge in [0.15, 0.2) is 5.75 Å². The number of carbonyl (C=O) groups excluding carboxylic acids is 1. The lowest BCUT2D eigenvalue weighted by Gasteiger charge is -2.27. The molecule has 0 unspecified atom stereocenters. The van der Waals surface area contributed by atoms with E-state index in [2.05, 4.69) is 14.4 Å². The maximum atomic E-state index is 15.6. The average Bonchev–Trinajstić information content (AvgIpc) is 4.44. The highest BCUT2D eigenvalue weighted by molar-refractivity contribution is 7.88. The second kappa shape index (κ2) is 22.7. The van der Waals surface area contributed by atoms with Gasteiger partial charge in [0.1, 0.15) is 17.2 Å². The smallest absolute Gasteiger partial charge is 0.444 e. The molecule has 6 aromatic rings. The van der Waals surface area contributed by atoms with Crippen molar-refractivity contribution in [1.29, 1.82) is 0 Å². The van der Waals surface area contributed by atoms with E-state index in [0.29, 0.717) is 55.5 Å². The van der Waals surface area contributed by atoms with Crippen molar-refractivity contribution in [1.82, 2.24) is 14.5 Å². The van der Waals surface area contributed by atoms with E-state index in [0.717, 1.165) is 66.0 Å². The van der Waals surface area contributed by atoms with Gasteiger partial charge >= 0.3 is 28.8 Å². The third-order valence-corrected chi connectivity index (χ3v) is 15.7. The van der Waals surface area contributed by atoms with Gasteiger partial charge < -0.3 is 49.0 Å². The Morgan fingerprint density at radius 1 is 0.731 bits per heavy atom. The van der Waals surface area contributed by atoms with E-state index in [1.54, 1.807) is 62.1 Å². The van der Waals surface area contributed by atoms with Gasteiger partial charge in [-0.25, -0.2) is 13.6 Å². The summed E-state index contributed by atoms with van der Waals surface area (Å²) in [5, 5.41) is 20.5. The highest BCUT2D eigenvalue weighted by Gasteiger charge is 2.49. The zero-order valence-corrected chi connectivity index (χ0v) is 45.4. The molecule has 5 N–H and O–H groups in total. The summed E-state index contributed by atoms with van der Waals surface area (Å²) in [6, 6.07) is 23.1. The number of alkyl halides is 3. The fraction of sp³-hybridized carbons (Fsp3) is 0.446. The number of aryl methyl sites for hydroxylation is 2. The number of nitrogens with one attached hydrogen (secondary N) is 1. The third-order valence-electron chi connectivity index (χ3n) is 14.7. The highest BCUT2D eigenvalue weighted by Crippen LogP contribution is 2.45. The van der Waals surface area contributed by atoms with Crippen LogP contribution in [0.5, 0.6) is 5.75 Å². The molecule has 15 nitrogen and oxygen atoms in total. The van der Waals surface area contributed by atoms with Crippen LogP contribution in [-0.4, -0.2) is 90.2 Å². The number of nitrogens with two attached hydrogens (primary N) is 1. The van der Waals surface area contributed by atoms with Crippen LogP contribution in [0.2, 0.25) is 0 Å². The molecule has 22 heteroatoms. The van der Waals surface area contributed by atoms with E-state index in [9.17, 15) is 36.0 Å². The monoisotopic (exact) mass is 1100 g/mol. The summed E-state index contributed by atoms with van der Waals surface area (Å²) >= 11 is 0. The molecule has 4 aliphatic rings. The Morgan fingerprint density at radius 2 is 1.21 bits per heavy atom. The van der Waals surface area contributed by atoms with Crippen LogP contribution in [0, 0.1) is 37.3 Å². The van der Waals surface area contributed by atoms with Crippen LogP contribution >= 0.6 is 0 Å². The molecule has 10 rings (SSSR count). The van der Waals surface area contributed by atoms with E-state index in [1.807, 2.05) is 61.7 Å². The van der Waals surface area contributed by atoms with E-state index < -0.39 is 51.6 Å². The quantitative estimate of drug-likeness (QED) is 0.0417.